The molecule has 1 fully saturated rings. The zero-order chi connectivity index (χ0) is 10.0. The van der Waals surface area contributed by atoms with E-state index in [9.17, 15) is 9.59 Å². The summed E-state index contributed by atoms with van der Waals surface area (Å²) in [5.41, 5.74) is 0. The Balaban J connectivity index is 2.78. The summed E-state index contributed by atoms with van der Waals surface area (Å²) in [6.45, 7) is -0.0111. The molecule has 1 rings (SSSR count). The summed E-state index contributed by atoms with van der Waals surface area (Å²) in [7, 11) is 0. The van der Waals surface area contributed by atoms with Gasteiger partial charge in [0.1, 0.15) is 6.04 Å². The summed E-state index contributed by atoms with van der Waals surface area (Å²) >= 11 is 0. The standard InChI is InChI=1S/C7H8N2O4/c8-2-4-1-5(6(10)11)9(3-4)7(12)13/h4-5H,1,3H2,(H,10,11)(H,12,13). The van der Waals surface area contributed by atoms with E-state index in [2.05, 4.69) is 0 Å². The van der Waals surface area contributed by atoms with Gasteiger partial charge < -0.3 is 10.2 Å². The van der Waals surface area contributed by atoms with Crippen LogP contribution in [0.25, 0.3) is 0 Å². The number of carboxylic acids is 1. The molecule has 1 aliphatic heterocycles. The van der Waals surface area contributed by atoms with Crippen LogP contribution >= 0.6 is 0 Å². The van der Waals surface area contributed by atoms with E-state index in [4.69, 9.17) is 15.5 Å². The average Bonchev–Trinajstić information content (AvgIpc) is 2.47. The number of carboxylic acid groups (broad SMARTS) is 2. The Morgan fingerprint density at radius 3 is 2.38 bits per heavy atom. The minimum absolute atomic E-state index is 0.0111. The van der Waals surface area contributed by atoms with Gasteiger partial charge >= 0.3 is 12.1 Å². The van der Waals surface area contributed by atoms with Gasteiger partial charge in [0.2, 0.25) is 0 Å². The van der Waals surface area contributed by atoms with E-state index >= 15 is 0 Å². The van der Waals surface area contributed by atoms with Gasteiger partial charge in [-0.15, -0.1) is 0 Å². The molecule has 0 aromatic rings. The number of hydrogen-bond acceptors (Lipinski definition) is 3. The highest BCUT2D eigenvalue weighted by Gasteiger charge is 2.39. The molecule has 0 spiro atoms. The third-order valence-electron chi connectivity index (χ3n) is 2.01. The lowest BCUT2D eigenvalue weighted by atomic mass is 10.1. The van der Waals surface area contributed by atoms with E-state index in [0.717, 1.165) is 4.90 Å². The first-order chi connectivity index (χ1) is 6.06. The molecule has 0 saturated carbocycles. The van der Waals surface area contributed by atoms with Gasteiger partial charge in [-0.3, -0.25) is 4.90 Å². The minimum Gasteiger partial charge on any atom is -0.480 e. The van der Waals surface area contributed by atoms with Crippen molar-refractivity contribution >= 4 is 12.1 Å². The molecular formula is C7H8N2O4. The molecule has 6 heteroatoms. The number of rotatable bonds is 1. The van der Waals surface area contributed by atoms with Gasteiger partial charge in [-0.2, -0.15) is 5.26 Å². The maximum atomic E-state index is 10.6. The largest absolute Gasteiger partial charge is 0.480 e. The first-order valence-corrected chi connectivity index (χ1v) is 3.68. The van der Waals surface area contributed by atoms with Crippen LogP contribution in [0.3, 0.4) is 0 Å². The molecule has 1 heterocycles. The predicted octanol–water partition coefficient (Wildman–Crippen LogP) is -0.0369. The van der Waals surface area contributed by atoms with Crippen molar-refractivity contribution in [3.8, 4) is 6.07 Å². The summed E-state index contributed by atoms with van der Waals surface area (Å²) in [4.78, 5) is 21.9. The van der Waals surface area contributed by atoms with Crippen molar-refractivity contribution in [2.24, 2.45) is 5.92 Å². The number of likely N-dealkylation sites (tertiary alicyclic amines) is 1. The normalized spacial score (nSPS) is 26.8. The summed E-state index contributed by atoms with van der Waals surface area (Å²) in [6.07, 6.45) is -1.21. The van der Waals surface area contributed by atoms with Crippen LogP contribution in [0.2, 0.25) is 0 Å². The molecule has 1 amide bonds. The van der Waals surface area contributed by atoms with Crippen LogP contribution in [0.1, 0.15) is 6.42 Å². The second-order valence-electron chi connectivity index (χ2n) is 2.85. The Kier molecular flexibility index (Phi) is 2.37. The number of nitriles is 1. The number of aliphatic carboxylic acids is 1. The summed E-state index contributed by atoms with van der Waals surface area (Å²) in [6, 6.07) is 0.798. The Labute approximate surface area is 74.0 Å². The van der Waals surface area contributed by atoms with Crippen LogP contribution in [0.5, 0.6) is 0 Å². The van der Waals surface area contributed by atoms with Gasteiger partial charge in [-0.25, -0.2) is 9.59 Å². The SMILES string of the molecule is N#CC1CC(C(=O)O)N(C(=O)O)C1. The second-order valence-corrected chi connectivity index (χ2v) is 2.85. The molecule has 0 aromatic carbocycles. The van der Waals surface area contributed by atoms with Crippen molar-refractivity contribution < 1.29 is 19.8 Å². The third kappa shape index (κ3) is 1.69. The monoisotopic (exact) mass is 184 g/mol. The second kappa shape index (κ2) is 3.31. The van der Waals surface area contributed by atoms with E-state index in [-0.39, 0.29) is 13.0 Å². The maximum Gasteiger partial charge on any atom is 0.408 e. The fourth-order valence-corrected chi connectivity index (χ4v) is 1.38. The number of amides is 1. The molecule has 13 heavy (non-hydrogen) atoms. The predicted molar refractivity (Wildman–Crippen MR) is 39.9 cm³/mol. The number of carbonyl (C=O) groups is 2. The topological polar surface area (TPSA) is 102 Å². The highest BCUT2D eigenvalue weighted by atomic mass is 16.4. The van der Waals surface area contributed by atoms with Gasteiger partial charge in [0.25, 0.3) is 0 Å². The molecule has 2 N–H and O–H groups in total. The highest BCUT2D eigenvalue weighted by Crippen LogP contribution is 2.22. The molecule has 70 valence electrons. The Bertz CT molecular complexity index is 261. The van der Waals surface area contributed by atoms with Crippen molar-refractivity contribution in [1.29, 1.82) is 5.26 Å². The van der Waals surface area contributed by atoms with Gasteiger partial charge in [0.05, 0.1) is 12.0 Å². The van der Waals surface area contributed by atoms with Crippen molar-refractivity contribution in [3.63, 3.8) is 0 Å². The van der Waals surface area contributed by atoms with Crippen LogP contribution in [0, 0.1) is 17.2 Å². The Morgan fingerprint density at radius 1 is 1.46 bits per heavy atom. The van der Waals surface area contributed by atoms with Crippen LogP contribution < -0.4 is 0 Å². The molecular weight excluding hydrogens is 176 g/mol. The first-order valence-electron chi connectivity index (χ1n) is 3.68. The molecule has 0 aliphatic carbocycles. The highest BCUT2D eigenvalue weighted by molar-refractivity contribution is 5.80. The van der Waals surface area contributed by atoms with Crippen LogP contribution in [-0.2, 0) is 4.79 Å². The summed E-state index contributed by atoms with van der Waals surface area (Å²) in [5, 5.41) is 25.7. The maximum absolute atomic E-state index is 10.6. The molecule has 6 nitrogen and oxygen atoms in total. The van der Waals surface area contributed by atoms with Gasteiger partial charge in [-0.05, 0) is 6.42 Å². The van der Waals surface area contributed by atoms with Gasteiger partial charge in [0.15, 0.2) is 0 Å². The molecule has 0 radical (unpaired) electrons. The molecule has 0 aromatic heterocycles. The van der Waals surface area contributed by atoms with Crippen molar-refractivity contribution in [1.82, 2.24) is 4.90 Å². The fraction of sp³-hybridized carbons (Fsp3) is 0.571. The van der Waals surface area contributed by atoms with E-state index in [1.165, 1.54) is 0 Å². The van der Waals surface area contributed by atoms with Gasteiger partial charge in [-0.1, -0.05) is 0 Å². The van der Waals surface area contributed by atoms with Crippen LogP contribution in [0.15, 0.2) is 0 Å². The van der Waals surface area contributed by atoms with Crippen LogP contribution in [-0.4, -0.2) is 39.8 Å². The molecule has 2 unspecified atom stereocenters. The molecule has 2 atom stereocenters. The summed E-state index contributed by atoms with van der Waals surface area (Å²) in [5.74, 6) is -1.70. The zero-order valence-corrected chi connectivity index (χ0v) is 6.67. The molecule has 1 saturated heterocycles. The number of nitrogens with zero attached hydrogens (tertiary/aromatic N) is 2. The fourth-order valence-electron chi connectivity index (χ4n) is 1.38. The van der Waals surface area contributed by atoms with E-state index < -0.39 is 24.0 Å². The Hall–Kier alpha value is -1.77. The van der Waals surface area contributed by atoms with Crippen molar-refractivity contribution in [2.75, 3.05) is 6.54 Å². The first kappa shape index (κ1) is 9.32. The number of hydrogen-bond donors (Lipinski definition) is 2. The van der Waals surface area contributed by atoms with Crippen LogP contribution in [0.4, 0.5) is 4.79 Å². The average molecular weight is 184 g/mol. The van der Waals surface area contributed by atoms with Gasteiger partial charge in [0, 0.05) is 6.54 Å². The smallest absolute Gasteiger partial charge is 0.408 e. The van der Waals surface area contributed by atoms with E-state index in [1.807, 2.05) is 6.07 Å². The minimum atomic E-state index is -1.29. The lowest BCUT2D eigenvalue weighted by molar-refractivity contribution is -0.141. The van der Waals surface area contributed by atoms with Crippen molar-refractivity contribution in [3.05, 3.63) is 0 Å². The van der Waals surface area contributed by atoms with Crippen molar-refractivity contribution in [2.45, 2.75) is 12.5 Å². The lowest BCUT2D eigenvalue weighted by Gasteiger charge is -2.16. The van der Waals surface area contributed by atoms with E-state index in [0.29, 0.717) is 0 Å². The third-order valence-corrected chi connectivity index (χ3v) is 2.01. The lowest BCUT2D eigenvalue weighted by Crippen LogP contribution is -2.39. The van der Waals surface area contributed by atoms with E-state index in [1.54, 1.807) is 0 Å². The quantitative estimate of drug-likeness (QED) is 0.595. The summed E-state index contributed by atoms with van der Waals surface area (Å²) < 4.78 is 0. The Morgan fingerprint density at radius 2 is 2.08 bits per heavy atom. The molecule has 0 bridgehead atoms. The molecule has 1 aliphatic rings. The zero-order valence-electron chi connectivity index (χ0n) is 6.67.